The largest absolute Gasteiger partial charge is 0.357 e. The molecule has 0 unspecified atom stereocenters. The van der Waals surface area contributed by atoms with E-state index in [1.165, 1.54) is 25.7 Å². The summed E-state index contributed by atoms with van der Waals surface area (Å²) in [5, 5.41) is 9.65. The fraction of sp³-hybridized carbons (Fsp3) is 0.875. The third-order valence-corrected chi connectivity index (χ3v) is 3.76. The monoisotopic (exact) mass is 424 g/mol. The first-order valence-corrected chi connectivity index (χ1v) is 8.35. The molecule has 0 aliphatic heterocycles. The minimum Gasteiger partial charge on any atom is -0.357 e. The van der Waals surface area contributed by atoms with E-state index in [2.05, 4.69) is 34.8 Å². The molecule has 0 aromatic carbocycles. The van der Waals surface area contributed by atoms with Gasteiger partial charge < -0.3 is 16.0 Å². The van der Waals surface area contributed by atoms with Gasteiger partial charge in [-0.05, 0) is 52.4 Å². The molecule has 1 amide bonds. The van der Waals surface area contributed by atoms with E-state index in [9.17, 15) is 4.79 Å². The Bertz CT molecular complexity index is 339. The van der Waals surface area contributed by atoms with Crippen molar-refractivity contribution in [1.82, 2.24) is 16.0 Å². The van der Waals surface area contributed by atoms with E-state index in [4.69, 9.17) is 0 Å². The summed E-state index contributed by atoms with van der Waals surface area (Å²) >= 11 is 0. The lowest BCUT2D eigenvalue weighted by Crippen LogP contribution is -2.45. The molecule has 0 heterocycles. The maximum atomic E-state index is 11.6. The van der Waals surface area contributed by atoms with Gasteiger partial charge >= 0.3 is 0 Å². The fourth-order valence-electron chi connectivity index (χ4n) is 2.58. The molecule has 1 saturated carbocycles. The molecule has 5 nitrogen and oxygen atoms in total. The second-order valence-electron chi connectivity index (χ2n) is 6.33. The zero-order valence-electron chi connectivity index (χ0n) is 14.4. The van der Waals surface area contributed by atoms with Gasteiger partial charge in [0, 0.05) is 25.0 Å². The standard InChI is InChI=1S/C16H32N4O.HI/c1-5-17-16(18-11-10-15(21)19-12(2)3)20-14-8-6-13(4)7-9-14;/h12-14H,5-11H2,1-4H3,(H,19,21)(H2,17,18,20);1H. The summed E-state index contributed by atoms with van der Waals surface area (Å²) < 4.78 is 0. The average molecular weight is 424 g/mol. The lowest BCUT2D eigenvalue weighted by Gasteiger charge is -2.28. The topological polar surface area (TPSA) is 65.5 Å². The van der Waals surface area contributed by atoms with Gasteiger partial charge in [-0.15, -0.1) is 24.0 Å². The first kappa shape index (κ1) is 21.5. The van der Waals surface area contributed by atoms with Gasteiger partial charge in [-0.1, -0.05) is 6.92 Å². The van der Waals surface area contributed by atoms with Crippen LogP contribution in [0.3, 0.4) is 0 Å². The molecule has 0 aromatic heterocycles. The Kier molecular flexibility index (Phi) is 11.7. The van der Waals surface area contributed by atoms with Gasteiger partial charge in [-0.25, -0.2) is 0 Å². The molecule has 0 spiro atoms. The van der Waals surface area contributed by atoms with Crippen molar-refractivity contribution in [3.8, 4) is 0 Å². The van der Waals surface area contributed by atoms with Gasteiger partial charge in [-0.2, -0.15) is 0 Å². The Hall–Kier alpha value is -0.530. The Balaban J connectivity index is 0.00000441. The highest BCUT2D eigenvalue weighted by atomic mass is 127. The zero-order chi connectivity index (χ0) is 15.7. The molecule has 1 fully saturated rings. The van der Waals surface area contributed by atoms with Crippen LogP contribution in [-0.2, 0) is 4.79 Å². The van der Waals surface area contributed by atoms with Gasteiger partial charge in [0.25, 0.3) is 0 Å². The molecule has 0 atom stereocenters. The highest BCUT2D eigenvalue weighted by Gasteiger charge is 2.18. The number of rotatable bonds is 6. The number of halogens is 1. The SMILES string of the molecule is CCNC(=NCCC(=O)NC(C)C)NC1CCC(C)CC1.I. The number of guanidine groups is 1. The lowest BCUT2D eigenvalue weighted by atomic mass is 9.87. The van der Waals surface area contributed by atoms with Crippen LogP contribution in [0, 0.1) is 5.92 Å². The second kappa shape index (κ2) is 12.0. The second-order valence-corrected chi connectivity index (χ2v) is 6.33. The first-order valence-electron chi connectivity index (χ1n) is 8.35. The Morgan fingerprint density at radius 2 is 1.86 bits per heavy atom. The van der Waals surface area contributed by atoms with Crippen molar-refractivity contribution in [3.05, 3.63) is 0 Å². The zero-order valence-corrected chi connectivity index (χ0v) is 16.8. The third-order valence-electron chi connectivity index (χ3n) is 3.76. The minimum absolute atomic E-state index is 0. The van der Waals surface area contributed by atoms with E-state index < -0.39 is 0 Å². The maximum absolute atomic E-state index is 11.6. The van der Waals surface area contributed by atoms with E-state index in [1.807, 2.05) is 13.8 Å². The summed E-state index contributed by atoms with van der Waals surface area (Å²) in [5.74, 6) is 1.76. The predicted octanol–water partition coefficient (Wildman–Crippen LogP) is 2.65. The molecule has 0 saturated heterocycles. The van der Waals surface area contributed by atoms with Crippen LogP contribution in [0.2, 0.25) is 0 Å². The van der Waals surface area contributed by atoms with E-state index >= 15 is 0 Å². The van der Waals surface area contributed by atoms with Crippen LogP contribution in [0.25, 0.3) is 0 Å². The van der Waals surface area contributed by atoms with E-state index in [-0.39, 0.29) is 35.9 Å². The summed E-state index contributed by atoms with van der Waals surface area (Å²) in [4.78, 5) is 16.1. The molecular weight excluding hydrogens is 391 g/mol. The van der Waals surface area contributed by atoms with Crippen molar-refractivity contribution in [1.29, 1.82) is 0 Å². The molecule has 1 aliphatic rings. The molecule has 130 valence electrons. The summed E-state index contributed by atoms with van der Waals surface area (Å²) in [6.07, 6.45) is 5.43. The highest BCUT2D eigenvalue weighted by molar-refractivity contribution is 14.0. The van der Waals surface area contributed by atoms with Crippen molar-refractivity contribution < 1.29 is 4.79 Å². The number of nitrogens with zero attached hydrogens (tertiary/aromatic N) is 1. The average Bonchev–Trinajstić information content (AvgIpc) is 2.40. The van der Waals surface area contributed by atoms with Crippen LogP contribution in [0.1, 0.15) is 59.8 Å². The molecular formula is C16H33IN4O. The maximum Gasteiger partial charge on any atom is 0.222 e. The predicted molar refractivity (Wildman–Crippen MR) is 104 cm³/mol. The highest BCUT2D eigenvalue weighted by Crippen LogP contribution is 2.23. The Morgan fingerprint density at radius 1 is 1.23 bits per heavy atom. The Morgan fingerprint density at radius 3 is 2.41 bits per heavy atom. The lowest BCUT2D eigenvalue weighted by molar-refractivity contribution is -0.121. The number of hydrogen-bond acceptors (Lipinski definition) is 2. The quantitative estimate of drug-likeness (QED) is 0.349. The van der Waals surface area contributed by atoms with Crippen LogP contribution in [-0.4, -0.2) is 37.0 Å². The number of aliphatic imine (C=N–C) groups is 1. The summed E-state index contributed by atoms with van der Waals surface area (Å²) in [5.41, 5.74) is 0. The summed E-state index contributed by atoms with van der Waals surface area (Å²) in [6, 6.07) is 0.709. The molecule has 3 N–H and O–H groups in total. The van der Waals surface area contributed by atoms with E-state index in [0.29, 0.717) is 19.0 Å². The number of hydrogen-bond donors (Lipinski definition) is 3. The van der Waals surface area contributed by atoms with Crippen molar-refractivity contribution in [2.75, 3.05) is 13.1 Å². The summed E-state index contributed by atoms with van der Waals surface area (Å²) in [6.45, 7) is 9.69. The number of carbonyl (C=O) groups excluding carboxylic acids is 1. The van der Waals surface area contributed by atoms with Crippen molar-refractivity contribution >= 4 is 35.8 Å². The molecule has 1 rings (SSSR count). The van der Waals surface area contributed by atoms with Crippen LogP contribution < -0.4 is 16.0 Å². The number of amides is 1. The normalized spacial score (nSPS) is 22.0. The van der Waals surface area contributed by atoms with E-state index in [0.717, 1.165) is 18.4 Å². The smallest absolute Gasteiger partial charge is 0.222 e. The van der Waals surface area contributed by atoms with Crippen molar-refractivity contribution in [2.45, 2.75) is 71.9 Å². The van der Waals surface area contributed by atoms with Crippen LogP contribution >= 0.6 is 24.0 Å². The fourth-order valence-corrected chi connectivity index (χ4v) is 2.58. The molecule has 22 heavy (non-hydrogen) atoms. The van der Waals surface area contributed by atoms with Gasteiger partial charge in [0.15, 0.2) is 5.96 Å². The van der Waals surface area contributed by atoms with E-state index in [1.54, 1.807) is 0 Å². The molecule has 0 radical (unpaired) electrons. The number of nitrogens with one attached hydrogen (secondary N) is 3. The molecule has 6 heteroatoms. The van der Waals surface area contributed by atoms with Crippen LogP contribution in [0.15, 0.2) is 4.99 Å². The minimum atomic E-state index is 0. The van der Waals surface area contributed by atoms with Crippen molar-refractivity contribution in [3.63, 3.8) is 0 Å². The van der Waals surface area contributed by atoms with Gasteiger partial charge in [0.1, 0.15) is 0 Å². The van der Waals surface area contributed by atoms with Gasteiger partial charge in [-0.3, -0.25) is 9.79 Å². The molecule has 1 aliphatic carbocycles. The van der Waals surface area contributed by atoms with Gasteiger partial charge in [0.05, 0.1) is 6.54 Å². The van der Waals surface area contributed by atoms with Crippen LogP contribution in [0.5, 0.6) is 0 Å². The first-order chi connectivity index (χ1) is 10.0. The Labute approximate surface area is 152 Å². The van der Waals surface area contributed by atoms with Crippen molar-refractivity contribution in [2.24, 2.45) is 10.9 Å². The van der Waals surface area contributed by atoms with Gasteiger partial charge in [0.2, 0.25) is 5.91 Å². The molecule has 0 bridgehead atoms. The number of carbonyl (C=O) groups is 1. The summed E-state index contributed by atoms with van der Waals surface area (Å²) in [7, 11) is 0. The molecule has 0 aromatic rings. The van der Waals surface area contributed by atoms with Crippen LogP contribution in [0.4, 0.5) is 0 Å². The third kappa shape index (κ3) is 9.48.